The summed E-state index contributed by atoms with van der Waals surface area (Å²) >= 11 is 3.66. The lowest BCUT2D eigenvalue weighted by atomic mass is 9.91. The van der Waals surface area contributed by atoms with Gasteiger partial charge in [0, 0.05) is 23.1 Å². The Labute approximate surface area is 119 Å². The highest BCUT2D eigenvalue weighted by molar-refractivity contribution is 9.10. The maximum atomic E-state index is 5.84. The third-order valence-electron chi connectivity index (χ3n) is 4.21. The molecule has 0 aliphatic carbocycles. The fraction of sp³-hybridized carbons (Fsp3) is 0.600. The van der Waals surface area contributed by atoms with Gasteiger partial charge in [-0.15, -0.1) is 0 Å². The van der Waals surface area contributed by atoms with Crippen LogP contribution in [0.3, 0.4) is 0 Å². The van der Waals surface area contributed by atoms with E-state index in [2.05, 4.69) is 58.9 Å². The van der Waals surface area contributed by atoms with Crippen LogP contribution in [-0.4, -0.2) is 24.0 Å². The predicted molar refractivity (Wildman–Crippen MR) is 80.5 cm³/mol. The summed E-state index contributed by atoms with van der Waals surface area (Å²) in [6, 6.07) is 9.63. The fourth-order valence-corrected chi connectivity index (χ4v) is 3.55. The van der Waals surface area contributed by atoms with Crippen molar-refractivity contribution in [3.8, 4) is 0 Å². The summed E-state index contributed by atoms with van der Waals surface area (Å²) in [6.45, 7) is 6.57. The van der Waals surface area contributed by atoms with Crippen LogP contribution >= 0.6 is 15.9 Å². The topological polar surface area (TPSA) is 29.3 Å². The van der Waals surface area contributed by atoms with Gasteiger partial charge in [0.1, 0.15) is 0 Å². The van der Waals surface area contributed by atoms with E-state index >= 15 is 0 Å². The first-order valence-corrected chi connectivity index (χ1v) is 7.63. The Bertz CT molecular complexity index is 394. The van der Waals surface area contributed by atoms with Crippen molar-refractivity contribution in [2.75, 3.05) is 13.1 Å². The van der Waals surface area contributed by atoms with Crippen LogP contribution < -0.4 is 5.73 Å². The maximum absolute atomic E-state index is 5.84. The molecule has 100 valence electrons. The van der Waals surface area contributed by atoms with E-state index in [1.165, 1.54) is 22.9 Å². The number of rotatable bonds is 3. The minimum Gasteiger partial charge on any atom is -0.330 e. The minimum atomic E-state index is 0.449. The van der Waals surface area contributed by atoms with Crippen LogP contribution in [0.1, 0.15) is 38.3 Å². The van der Waals surface area contributed by atoms with Gasteiger partial charge in [0.15, 0.2) is 0 Å². The van der Waals surface area contributed by atoms with Crippen molar-refractivity contribution >= 4 is 15.9 Å². The Hall–Kier alpha value is -0.380. The number of halogens is 1. The second-order valence-corrected chi connectivity index (χ2v) is 6.28. The van der Waals surface area contributed by atoms with E-state index < -0.39 is 0 Å². The highest BCUT2D eigenvalue weighted by Gasteiger charge is 2.29. The molecule has 2 nitrogen and oxygen atoms in total. The zero-order valence-electron chi connectivity index (χ0n) is 11.3. The SMILES string of the molecule is CC1CCC(CN)CN1C(C)c1ccccc1Br. The molecule has 1 fully saturated rings. The maximum Gasteiger partial charge on any atom is 0.0334 e. The molecule has 3 unspecified atom stereocenters. The Morgan fingerprint density at radius 2 is 2.11 bits per heavy atom. The first-order chi connectivity index (χ1) is 8.63. The molecule has 0 amide bonds. The number of nitrogens with zero attached hydrogens (tertiary/aromatic N) is 1. The van der Waals surface area contributed by atoms with Gasteiger partial charge in [0.05, 0.1) is 0 Å². The van der Waals surface area contributed by atoms with Crippen LogP contribution in [0, 0.1) is 5.92 Å². The third-order valence-corrected chi connectivity index (χ3v) is 4.94. The summed E-state index contributed by atoms with van der Waals surface area (Å²) in [5.74, 6) is 0.658. The smallest absolute Gasteiger partial charge is 0.0334 e. The van der Waals surface area contributed by atoms with Crippen molar-refractivity contribution < 1.29 is 0 Å². The van der Waals surface area contributed by atoms with Crippen molar-refractivity contribution in [3.63, 3.8) is 0 Å². The van der Waals surface area contributed by atoms with Gasteiger partial charge < -0.3 is 5.73 Å². The normalized spacial score (nSPS) is 27.1. The van der Waals surface area contributed by atoms with Crippen LogP contribution in [0.25, 0.3) is 0 Å². The number of likely N-dealkylation sites (tertiary alicyclic amines) is 1. The van der Waals surface area contributed by atoms with Gasteiger partial charge in [0.25, 0.3) is 0 Å². The standard InChI is InChI=1S/C15H23BrN2/c1-11-7-8-13(9-17)10-18(11)12(2)14-5-3-4-6-15(14)16/h3-6,11-13H,7-10,17H2,1-2H3. The average Bonchev–Trinajstić information content (AvgIpc) is 2.39. The summed E-state index contributed by atoms with van der Waals surface area (Å²) in [4.78, 5) is 2.60. The number of hydrogen-bond acceptors (Lipinski definition) is 2. The molecule has 2 N–H and O–H groups in total. The van der Waals surface area contributed by atoms with E-state index in [-0.39, 0.29) is 0 Å². The highest BCUT2D eigenvalue weighted by Crippen LogP contribution is 2.33. The van der Waals surface area contributed by atoms with Crippen molar-refractivity contribution in [2.24, 2.45) is 11.7 Å². The molecule has 1 aromatic rings. The Morgan fingerprint density at radius 1 is 1.39 bits per heavy atom. The Kier molecular flexibility index (Phi) is 4.82. The number of nitrogens with two attached hydrogens (primary N) is 1. The summed E-state index contributed by atoms with van der Waals surface area (Å²) in [6.07, 6.45) is 2.54. The molecular formula is C15H23BrN2. The second kappa shape index (κ2) is 6.18. The van der Waals surface area contributed by atoms with Crippen LogP contribution in [0.4, 0.5) is 0 Å². The van der Waals surface area contributed by atoms with Gasteiger partial charge in [-0.1, -0.05) is 34.1 Å². The van der Waals surface area contributed by atoms with E-state index in [0.29, 0.717) is 18.0 Å². The molecular weight excluding hydrogens is 288 g/mol. The largest absolute Gasteiger partial charge is 0.330 e. The number of hydrogen-bond donors (Lipinski definition) is 1. The van der Waals surface area contributed by atoms with E-state index in [9.17, 15) is 0 Å². The molecule has 18 heavy (non-hydrogen) atoms. The van der Waals surface area contributed by atoms with Crippen LogP contribution in [0.2, 0.25) is 0 Å². The lowest BCUT2D eigenvalue weighted by molar-refractivity contribution is 0.0810. The van der Waals surface area contributed by atoms with Gasteiger partial charge in [0.2, 0.25) is 0 Å². The van der Waals surface area contributed by atoms with Crippen LogP contribution in [-0.2, 0) is 0 Å². The monoisotopic (exact) mass is 310 g/mol. The van der Waals surface area contributed by atoms with Gasteiger partial charge in [-0.2, -0.15) is 0 Å². The van der Waals surface area contributed by atoms with Crippen LogP contribution in [0.5, 0.6) is 0 Å². The van der Waals surface area contributed by atoms with E-state index in [0.717, 1.165) is 13.1 Å². The van der Waals surface area contributed by atoms with Crippen LogP contribution in [0.15, 0.2) is 28.7 Å². The van der Waals surface area contributed by atoms with Crippen molar-refractivity contribution in [1.29, 1.82) is 0 Å². The van der Waals surface area contributed by atoms with Crippen molar-refractivity contribution in [2.45, 2.75) is 38.8 Å². The summed E-state index contributed by atoms with van der Waals surface area (Å²) in [5.41, 5.74) is 7.22. The molecule has 0 radical (unpaired) electrons. The first kappa shape index (κ1) is 14.0. The van der Waals surface area contributed by atoms with Gasteiger partial charge in [-0.25, -0.2) is 0 Å². The molecule has 0 bridgehead atoms. The molecule has 3 atom stereocenters. The first-order valence-electron chi connectivity index (χ1n) is 6.83. The molecule has 1 aliphatic rings. The molecule has 1 heterocycles. The molecule has 1 saturated heterocycles. The van der Waals surface area contributed by atoms with E-state index in [1.807, 2.05) is 0 Å². The Morgan fingerprint density at radius 3 is 2.78 bits per heavy atom. The lowest BCUT2D eigenvalue weighted by Crippen LogP contribution is -2.45. The molecule has 0 aromatic heterocycles. The second-order valence-electron chi connectivity index (χ2n) is 5.42. The lowest BCUT2D eigenvalue weighted by Gasteiger charge is -2.41. The molecule has 1 aromatic carbocycles. The fourth-order valence-electron chi connectivity index (χ4n) is 2.94. The quantitative estimate of drug-likeness (QED) is 0.924. The van der Waals surface area contributed by atoms with Gasteiger partial charge in [-0.05, 0) is 50.8 Å². The molecule has 0 saturated carbocycles. The minimum absolute atomic E-state index is 0.449. The summed E-state index contributed by atoms with van der Waals surface area (Å²) in [5, 5.41) is 0. The molecule has 3 heteroatoms. The molecule has 0 spiro atoms. The average molecular weight is 311 g/mol. The van der Waals surface area contributed by atoms with E-state index in [1.54, 1.807) is 0 Å². The number of piperidine rings is 1. The van der Waals surface area contributed by atoms with Crippen molar-refractivity contribution in [1.82, 2.24) is 4.90 Å². The van der Waals surface area contributed by atoms with E-state index in [4.69, 9.17) is 5.73 Å². The zero-order valence-corrected chi connectivity index (χ0v) is 12.9. The van der Waals surface area contributed by atoms with Crippen molar-refractivity contribution in [3.05, 3.63) is 34.3 Å². The van der Waals surface area contributed by atoms with Gasteiger partial charge >= 0.3 is 0 Å². The summed E-state index contributed by atoms with van der Waals surface area (Å²) in [7, 11) is 0. The summed E-state index contributed by atoms with van der Waals surface area (Å²) < 4.78 is 1.21. The number of benzene rings is 1. The molecule has 1 aliphatic heterocycles. The third kappa shape index (κ3) is 2.95. The highest BCUT2D eigenvalue weighted by atomic mass is 79.9. The zero-order chi connectivity index (χ0) is 13.1. The Balaban J connectivity index is 2.16. The van der Waals surface area contributed by atoms with Gasteiger partial charge in [-0.3, -0.25) is 4.90 Å². The predicted octanol–water partition coefficient (Wildman–Crippen LogP) is 3.57. The molecule has 2 rings (SSSR count).